The summed E-state index contributed by atoms with van der Waals surface area (Å²) in [5, 5.41) is 13.9. The Labute approximate surface area is 189 Å². The van der Waals surface area contributed by atoms with Crippen LogP contribution in [0, 0.1) is 13.8 Å². The van der Waals surface area contributed by atoms with Crippen LogP contribution in [0.5, 0.6) is 0 Å². The lowest BCUT2D eigenvalue weighted by molar-refractivity contribution is 0.0697. The predicted molar refractivity (Wildman–Crippen MR) is 125 cm³/mol. The van der Waals surface area contributed by atoms with Crippen LogP contribution in [-0.4, -0.2) is 25.4 Å². The van der Waals surface area contributed by atoms with E-state index in [-0.39, 0.29) is 23.5 Å². The number of carboxylic acid groups (broad SMARTS) is 1. The van der Waals surface area contributed by atoms with Crippen LogP contribution in [-0.2, 0) is 7.05 Å². The van der Waals surface area contributed by atoms with Crippen molar-refractivity contribution in [1.82, 2.24) is 14.3 Å². The number of carbonyl (C=O) groups is 1. The smallest absolute Gasteiger partial charge is 0.339 e. The minimum atomic E-state index is -1.14. The summed E-state index contributed by atoms with van der Waals surface area (Å²) in [6.45, 7) is 3.62. The van der Waals surface area contributed by atoms with Crippen molar-refractivity contribution in [1.29, 1.82) is 0 Å². The lowest BCUT2D eigenvalue weighted by Gasteiger charge is -2.13. The second-order valence-corrected chi connectivity index (χ2v) is 7.39. The number of nitrogens with one attached hydrogen (secondary N) is 1. The lowest BCUT2D eigenvalue weighted by atomic mass is 10.1. The molecule has 0 aliphatic heterocycles. The van der Waals surface area contributed by atoms with E-state index in [0.29, 0.717) is 38.7 Å². The summed E-state index contributed by atoms with van der Waals surface area (Å²) in [7, 11) is 1.78. The Morgan fingerprint density at radius 1 is 1.10 bits per heavy atom. The third-order valence-electron chi connectivity index (χ3n) is 5.26. The summed E-state index contributed by atoms with van der Waals surface area (Å²) >= 11 is 6.21. The van der Waals surface area contributed by atoms with Gasteiger partial charge in [0.2, 0.25) is 0 Å². The average Bonchev–Trinajstić information content (AvgIpc) is 2.94. The highest BCUT2D eigenvalue weighted by molar-refractivity contribution is 6.32. The molecule has 9 heteroatoms. The SMILES string of the molecule is Cc1c(Cl)ccc2c(Nc3c(C)n(C)n(-c4ccccc4)c3=O)c(C(=O)O)cnc12.Cl. The van der Waals surface area contributed by atoms with Crippen molar-refractivity contribution in [3.8, 4) is 5.69 Å². The van der Waals surface area contributed by atoms with Crippen LogP contribution >= 0.6 is 24.0 Å². The number of anilines is 2. The largest absolute Gasteiger partial charge is 0.478 e. The Hall–Kier alpha value is -3.29. The van der Waals surface area contributed by atoms with Crippen LogP contribution in [0.15, 0.2) is 53.5 Å². The first-order chi connectivity index (χ1) is 14.3. The van der Waals surface area contributed by atoms with Crippen molar-refractivity contribution < 1.29 is 9.90 Å². The minimum Gasteiger partial charge on any atom is -0.478 e. The van der Waals surface area contributed by atoms with E-state index >= 15 is 0 Å². The van der Waals surface area contributed by atoms with Gasteiger partial charge in [0.1, 0.15) is 11.3 Å². The Balaban J connectivity index is 0.00000272. The maximum atomic E-state index is 13.2. The molecule has 0 aliphatic rings. The minimum absolute atomic E-state index is 0. The van der Waals surface area contributed by atoms with Gasteiger partial charge in [-0.2, -0.15) is 0 Å². The number of pyridine rings is 1. The van der Waals surface area contributed by atoms with Crippen LogP contribution in [0.1, 0.15) is 21.6 Å². The summed E-state index contributed by atoms with van der Waals surface area (Å²) in [5.41, 5.74) is 2.97. The van der Waals surface area contributed by atoms with E-state index < -0.39 is 5.97 Å². The number of benzene rings is 2. The first-order valence-corrected chi connectivity index (χ1v) is 9.61. The van der Waals surface area contributed by atoms with E-state index in [9.17, 15) is 14.7 Å². The van der Waals surface area contributed by atoms with E-state index in [0.717, 1.165) is 5.56 Å². The van der Waals surface area contributed by atoms with Gasteiger partial charge in [0.25, 0.3) is 5.56 Å². The molecule has 2 aromatic carbocycles. The Morgan fingerprint density at radius 2 is 1.77 bits per heavy atom. The number of aromatic nitrogens is 3. The summed E-state index contributed by atoms with van der Waals surface area (Å²) in [5.74, 6) is -1.14. The lowest BCUT2D eigenvalue weighted by Crippen LogP contribution is -2.20. The molecule has 0 unspecified atom stereocenters. The number of para-hydroxylation sites is 1. The van der Waals surface area contributed by atoms with Gasteiger partial charge in [-0.25, -0.2) is 9.48 Å². The van der Waals surface area contributed by atoms with Gasteiger partial charge in [-0.1, -0.05) is 29.8 Å². The van der Waals surface area contributed by atoms with Gasteiger partial charge >= 0.3 is 5.97 Å². The molecule has 2 aromatic heterocycles. The van der Waals surface area contributed by atoms with Gasteiger partial charge in [0, 0.05) is 23.7 Å². The van der Waals surface area contributed by atoms with Crippen LogP contribution < -0.4 is 10.9 Å². The molecule has 0 bridgehead atoms. The van der Waals surface area contributed by atoms with Crippen LogP contribution in [0.2, 0.25) is 5.02 Å². The Morgan fingerprint density at radius 3 is 2.42 bits per heavy atom. The number of carboxylic acids is 1. The molecule has 160 valence electrons. The number of aromatic carboxylic acids is 1. The molecule has 0 amide bonds. The quantitative estimate of drug-likeness (QED) is 0.455. The van der Waals surface area contributed by atoms with Crippen LogP contribution in [0.3, 0.4) is 0 Å². The molecule has 0 saturated heterocycles. The third-order valence-corrected chi connectivity index (χ3v) is 5.67. The highest BCUT2D eigenvalue weighted by Crippen LogP contribution is 2.33. The molecule has 2 heterocycles. The number of hydrogen-bond donors (Lipinski definition) is 2. The highest BCUT2D eigenvalue weighted by atomic mass is 35.5. The Kier molecular flexibility index (Phi) is 6.10. The summed E-state index contributed by atoms with van der Waals surface area (Å²) in [6, 6.07) is 12.6. The summed E-state index contributed by atoms with van der Waals surface area (Å²) in [6.07, 6.45) is 1.28. The molecule has 0 saturated carbocycles. The van der Waals surface area contributed by atoms with Crippen molar-refractivity contribution in [2.45, 2.75) is 13.8 Å². The molecular weight excluding hydrogens is 439 g/mol. The molecule has 0 spiro atoms. The molecule has 4 aromatic rings. The molecule has 4 rings (SSSR count). The number of aryl methyl sites for hydroxylation is 1. The number of halogens is 2. The maximum Gasteiger partial charge on any atom is 0.339 e. The fourth-order valence-corrected chi connectivity index (χ4v) is 3.67. The molecule has 0 aliphatic carbocycles. The predicted octanol–water partition coefficient (Wildman–Crippen LogP) is 4.86. The van der Waals surface area contributed by atoms with E-state index in [1.807, 2.05) is 37.3 Å². The van der Waals surface area contributed by atoms with E-state index in [4.69, 9.17) is 11.6 Å². The van der Waals surface area contributed by atoms with Gasteiger partial charge in [-0.3, -0.25) is 14.5 Å². The summed E-state index contributed by atoms with van der Waals surface area (Å²) in [4.78, 5) is 29.4. The number of rotatable bonds is 4. The van der Waals surface area contributed by atoms with Gasteiger partial charge in [0.15, 0.2) is 0 Å². The third kappa shape index (κ3) is 3.66. The van der Waals surface area contributed by atoms with Gasteiger partial charge in [0.05, 0.1) is 22.6 Å². The monoisotopic (exact) mass is 458 g/mol. The Bertz CT molecular complexity index is 1360. The zero-order chi connectivity index (χ0) is 21.6. The normalized spacial score (nSPS) is 10.7. The van der Waals surface area contributed by atoms with Crippen molar-refractivity contribution in [3.05, 3.63) is 80.9 Å². The van der Waals surface area contributed by atoms with Crippen molar-refractivity contribution in [3.63, 3.8) is 0 Å². The van der Waals surface area contributed by atoms with Gasteiger partial charge in [-0.15, -0.1) is 12.4 Å². The second kappa shape index (κ2) is 8.45. The van der Waals surface area contributed by atoms with E-state index in [1.165, 1.54) is 10.9 Å². The highest BCUT2D eigenvalue weighted by Gasteiger charge is 2.21. The first-order valence-electron chi connectivity index (χ1n) is 9.23. The van der Waals surface area contributed by atoms with E-state index in [2.05, 4.69) is 10.3 Å². The first kappa shape index (κ1) is 22.4. The number of hydrogen-bond acceptors (Lipinski definition) is 4. The topological polar surface area (TPSA) is 89.2 Å². The molecule has 31 heavy (non-hydrogen) atoms. The fraction of sp³-hybridized carbons (Fsp3) is 0.136. The zero-order valence-electron chi connectivity index (χ0n) is 17.0. The van der Waals surface area contributed by atoms with Crippen molar-refractivity contribution in [2.24, 2.45) is 7.05 Å². The number of fused-ring (bicyclic) bond motifs is 1. The van der Waals surface area contributed by atoms with Crippen molar-refractivity contribution in [2.75, 3.05) is 5.32 Å². The standard InChI is InChI=1S/C22H19ClN4O3.ClH/c1-12-17(23)10-9-15-18(12)24-11-16(22(29)30)20(15)25-19-13(2)26(3)27(21(19)28)14-7-5-4-6-8-14;/h4-11H,1-3H3,(H,24,25)(H,29,30);1H. The number of nitrogens with zero attached hydrogens (tertiary/aromatic N) is 3. The van der Waals surface area contributed by atoms with Crippen LogP contribution in [0.4, 0.5) is 11.4 Å². The molecular formula is C22H20Cl2N4O3. The van der Waals surface area contributed by atoms with Gasteiger partial charge in [-0.05, 0) is 43.7 Å². The maximum absolute atomic E-state index is 13.2. The van der Waals surface area contributed by atoms with E-state index in [1.54, 1.807) is 30.8 Å². The molecule has 0 fully saturated rings. The molecule has 2 N–H and O–H groups in total. The van der Waals surface area contributed by atoms with Gasteiger partial charge < -0.3 is 10.4 Å². The fourth-order valence-electron chi connectivity index (χ4n) is 3.52. The second-order valence-electron chi connectivity index (χ2n) is 6.98. The van der Waals surface area contributed by atoms with Crippen molar-refractivity contribution >= 4 is 52.3 Å². The van der Waals surface area contributed by atoms with Crippen LogP contribution in [0.25, 0.3) is 16.6 Å². The zero-order valence-corrected chi connectivity index (χ0v) is 18.6. The molecule has 0 atom stereocenters. The summed E-state index contributed by atoms with van der Waals surface area (Å²) < 4.78 is 3.26. The molecule has 7 nitrogen and oxygen atoms in total. The molecule has 0 radical (unpaired) electrons. The average molecular weight is 459 g/mol.